The van der Waals surface area contributed by atoms with Gasteiger partial charge in [-0.2, -0.15) is 10.2 Å². The summed E-state index contributed by atoms with van der Waals surface area (Å²) in [5, 5.41) is 17.7. The quantitative estimate of drug-likeness (QED) is 0.866. The summed E-state index contributed by atoms with van der Waals surface area (Å²) in [6.45, 7) is 6.83. The van der Waals surface area contributed by atoms with E-state index in [1.54, 1.807) is 21.3 Å². The topological polar surface area (TPSA) is 106 Å². The predicted molar refractivity (Wildman–Crippen MR) is 87.9 cm³/mol. The van der Waals surface area contributed by atoms with Gasteiger partial charge in [0.1, 0.15) is 11.6 Å². The second-order valence-corrected chi connectivity index (χ2v) is 6.50. The molecule has 0 fully saturated rings. The number of carbonyl (C=O) groups excluding carboxylic acids is 1. The van der Waals surface area contributed by atoms with Gasteiger partial charge in [0.15, 0.2) is 5.69 Å². The van der Waals surface area contributed by atoms with E-state index in [1.807, 2.05) is 20.8 Å². The van der Waals surface area contributed by atoms with E-state index in [0.717, 1.165) is 11.5 Å². The van der Waals surface area contributed by atoms with Gasteiger partial charge in [0.2, 0.25) is 5.91 Å². The second-order valence-electron chi connectivity index (χ2n) is 6.50. The first-order chi connectivity index (χ1) is 11.8. The van der Waals surface area contributed by atoms with Crippen LogP contribution >= 0.6 is 0 Å². The number of aromatic nitrogens is 5. The van der Waals surface area contributed by atoms with Crippen molar-refractivity contribution in [2.75, 3.05) is 6.54 Å². The van der Waals surface area contributed by atoms with Crippen LogP contribution in [-0.4, -0.2) is 53.0 Å². The molecule has 9 heteroatoms. The van der Waals surface area contributed by atoms with Crippen LogP contribution in [0.15, 0.2) is 0 Å². The number of carbonyl (C=O) groups is 2. The zero-order valence-electron chi connectivity index (χ0n) is 14.9. The number of carboxylic acids is 1. The highest BCUT2D eigenvalue weighted by atomic mass is 16.4. The molecular formula is C16H22N6O3. The molecule has 0 saturated carbocycles. The number of amides is 1. The van der Waals surface area contributed by atoms with Gasteiger partial charge in [0, 0.05) is 37.8 Å². The summed E-state index contributed by atoms with van der Waals surface area (Å²) in [4.78, 5) is 30.1. The first-order valence-electron chi connectivity index (χ1n) is 8.22. The number of hydrogen-bond donors (Lipinski definition) is 1. The Bertz CT molecular complexity index is 837. The molecular weight excluding hydrogens is 324 g/mol. The molecule has 9 nitrogen and oxygen atoms in total. The average molecular weight is 346 g/mol. The molecule has 1 amide bonds. The first-order valence-corrected chi connectivity index (χ1v) is 8.22. The molecule has 2 aromatic rings. The monoisotopic (exact) mass is 346 g/mol. The highest BCUT2D eigenvalue weighted by molar-refractivity contribution is 5.88. The van der Waals surface area contributed by atoms with Gasteiger partial charge < -0.3 is 10.0 Å². The predicted octanol–water partition coefficient (Wildman–Crippen LogP) is 0.548. The van der Waals surface area contributed by atoms with E-state index in [4.69, 9.17) is 0 Å². The Morgan fingerprint density at radius 3 is 2.60 bits per heavy atom. The highest BCUT2D eigenvalue weighted by Gasteiger charge is 2.31. The van der Waals surface area contributed by atoms with Crippen molar-refractivity contribution in [3.8, 4) is 0 Å². The molecule has 3 rings (SSSR count). The lowest BCUT2D eigenvalue weighted by atomic mass is 10.0. The van der Waals surface area contributed by atoms with Gasteiger partial charge in [0.05, 0.1) is 12.5 Å². The molecule has 0 bridgehead atoms. The number of hydrogen-bond acceptors (Lipinski definition) is 5. The van der Waals surface area contributed by atoms with Gasteiger partial charge in [-0.1, -0.05) is 6.92 Å². The molecule has 134 valence electrons. The fourth-order valence-corrected chi connectivity index (χ4v) is 3.34. The fraction of sp³-hybridized carbons (Fsp3) is 0.562. The van der Waals surface area contributed by atoms with Crippen LogP contribution in [0.4, 0.5) is 0 Å². The van der Waals surface area contributed by atoms with Crippen LogP contribution in [0.1, 0.15) is 40.3 Å². The molecule has 1 aliphatic rings. The molecule has 1 atom stereocenters. The van der Waals surface area contributed by atoms with Crippen LogP contribution in [0.5, 0.6) is 0 Å². The van der Waals surface area contributed by atoms with Crippen molar-refractivity contribution in [1.29, 1.82) is 0 Å². The Hall–Kier alpha value is -2.71. The van der Waals surface area contributed by atoms with E-state index < -0.39 is 5.97 Å². The SMILES string of the molecule is Cc1nc(C)n(CC(C)C(=O)N2CCc3c(c(C(=O)O)nn3C)C2)n1. The molecule has 0 radical (unpaired) electrons. The van der Waals surface area contributed by atoms with Crippen molar-refractivity contribution in [3.63, 3.8) is 0 Å². The number of aryl methyl sites for hydroxylation is 3. The Balaban J connectivity index is 1.76. The maximum atomic E-state index is 12.8. The van der Waals surface area contributed by atoms with E-state index in [2.05, 4.69) is 15.2 Å². The number of aromatic carboxylic acids is 1. The summed E-state index contributed by atoms with van der Waals surface area (Å²) < 4.78 is 3.34. The largest absolute Gasteiger partial charge is 0.476 e. The number of rotatable bonds is 4. The third-order valence-electron chi connectivity index (χ3n) is 4.59. The Morgan fingerprint density at radius 2 is 2.00 bits per heavy atom. The molecule has 25 heavy (non-hydrogen) atoms. The van der Waals surface area contributed by atoms with Gasteiger partial charge in [-0.25, -0.2) is 14.5 Å². The van der Waals surface area contributed by atoms with Crippen LogP contribution < -0.4 is 0 Å². The minimum Gasteiger partial charge on any atom is -0.476 e. The Morgan fingerprint density at radius 1 is 1.28 bits per heavy atom. The molecule has 0 aliphatic carbocycles. The van der Waals surface area contributed by atoms with Crippen LogP contribution in [0.2, 0.25) is 0 Å². The average Bonchev–Trinajstić information content (AvgIpc) is 3.05. The summed E-state index contributed by atoms with van der Waals surface area (Å²) in [6, 6.07) is 0. The molecule has 0 saturated heterocycles. The zero-order chi connectivity index (χ0) is 18.3. The van der Waals surface area contributed by atoms with E-state index >= 15 is 0 Å². The minimum atomic E-state index is -1.06. The Kier molecular flexibility index (Phi) is 4.32. The van der Waals surface area contributed by atoms with Crippen molar-refractivity contribution >= 4 is 11.9 Å². The number of fused-ring (bicyclic) bond motifs is 1. The number of nitrogens with zero attached hydrogens (tertiary/aromatic N) is 6. The Labute approximate surface area is 145 Å². The maximum absolute atomic E-state index is 12.8. The van der Waals surface area contributed by atoms with E-state index in [-0.39, 0.29) is 24.1 Å². The lowest BCUT2D eigenvalue weighted by Crippen LogP contribution is -2.40. The highest BCUT2D eigenvalue weighted by Crippen LogP contribution is 2.23. The summed E-state index contributed by atoms with van der Waals surface area (Å²) in [5.74, 6) is 0.109. The third-order valence-corrected chi connectivity index (χ3v) is 4.59. The number of carboxylic acid groups (broad SMARTS) is 1. The smallest absolute Gasteiger partial charge is 0.356 e. The fourth-order valence-electron chi connectivity index (χ4n) is 3.34. The van der Waals surface area contributed by atoms with Crippen LogP contribution in [-0.2, 0) is 31.4 Å². The summed E-state index contributed by atoms with van der Waals surface area (Å²) in [5.41, 5.74) is 1.55. The van der Waals surface area contributed by atoms with Crippen molar-refractivity contribution < 1.29 is 14.7 Å². The van der Waals surface area contributed by atoms with Crippen LogP contribution in [0.3, 0.4) is 0 Å². The van der Waals surface area contributed by atoms with Crippen molar-refractivity contribution in [3.05, 3.63) is 28.6 Å². The van der Waals surface area contributed by atoms with Crippen molar-refractivity contribution in [2.24, 2.45) is 13.0 Å². The normalized spacial score (nSPS) is 15.1. The summed E-state index contributed by atoms with van der Waals surface area (Å²) in [7, 11) is 1.74. The van der Waals surface area contributed by atoms with Crippen molar-refractivity contribution in [1.82, 2.24) is 29.4 Å². The van der Waals surface area contributed by atoms with E-state index in [9.17, 15) is 14.7 Å². The van der Waals surface area contributed by atoms with E-state index in [0.29, 0.717) is 30.9 Å². The minimum absolute atomic E-state index is 0.0154. The lowest BCUT2D eigenvalue weighted by Gasteiger charge is -2.29. The third kappa shape index (κ3) is 3.13. The van der Waals surface area contributed by atoms with Crippen LogP contribution in [0.25, 0.3) is 0 Å². The van der Waals surface area contributed by atoms with Crippen molar-refractivity contribution in [2.45, 2.75) is 40.3 Å². The van der Waals surface area contributed by atoms with E-state index in [1.165, 1.54) is 0 Å². The lowest BCUT2D eigenvalue weighted by molar-refractivity contribution is -0.136. The molecule has 0 aromatic carbocycles. The zero-order valence-corrected chi connectivity index (χ0v) is 14.9. The summed E-state index contributed by atoms with van der Waals surface area (Å²) >= 11 is 0. The standard InChI is InChI=1S/C16H22N6O3/c1-9(7-22-11(3)17-10(2)18-22)15(23)21-6-5-13-12(8-21)14(16(24)25)19-20(13)4/h9H,5-8H2,1-4H3,(H,24,25). The van der Waals surface area contributed by atoms with Gasteiger partial charge in [-0.05, 0) is 13.8 Å². The van der Waals surface area contributed by atoms with Gasteiger partial charge >= 0.3 is 5.97 Å². The van der Waals surface area contributed by atoms with Gasteiger partial charge in [-0.3, -0.25) is 9.48 Å². The molecule has 1 unspecified atom stereocenters. The molecule has 2 aromatic heterocycles. The molecule has 3 heterocycles. The summed E-state index contributed by atoms with van der Waals surface area (Å²) in [6.07, 6.45) is 0.603. The maximum Gasteiger partial charge on any atom is 0.356 e. The van der Waals surface area contributed by atoms with Gasteiger partial charge in [0.25, 0.3) is 0 Å². The molecule has 0 spiro atoms. The molecule has 1 N–H and O–H groups in total. The molecule has 1 aliphatic heterocycles. The van der Waals surface area contributed by atoms with Gasteiger partial charge in [-0.15, -0.1) is 0 Å². The second kappa shape index (κ2) is 6.30. The van der Waals surface area contributed by atoms with Crippen LogP contribution in [0, 0.1) is 19.8 Å². The first kappa shape index (κ1) is 17.1.